The van der Waals surface area contributed by atoms with Crippen LogP contribution in [0, 0.1) is 23.7 Å². The monoisotopic (exact) mass is 274 g/mol. The standard InChI is InChI=1S/C20H34/c1-3-17-9-13-19(14-10-17)7-5-6-8-20-15-11-18(4-2)12-16-20/h3,5,7,17-20H,1,4,6,8-16H2,2H3/t17-,18-,19-,20-. The van der Waals surface area contributed by atoms with E-state index in [1.54, 1.807) is 0 Å². The number of rotatable bonds is 6. The molecule has 0 aromatic rings. The van der Waals surface area contributed by atoms with E-state index < -0.39 is 0 Å². The molecule has 0 heterocycles. The summed E-state index contributed by atoms with van der Waals surface area (Å²) < 4.78 is 0. The van der Waals surface area contributed by atoms with Crippen LogP contribution in [0.3, 0.4) is 0 Å². The van der Waals surface area contributed by atoms with E-state index in [4.69, 9.17) is 0 Å². The summed E-state index contributed by atoms with van der Waals surface area (Å²) in [6.07, 6.45) is 22.8. The molecule has 0 atom stereocenters. The van der Waals surface area contributed by atoms with Crippen molar-refractivity contribution in [3.05, 3.63) is 24.8 Å². The smallest absolute Gasteiger partial charge is 0.0233 e. The van der Waals surface area contributed by atoms with Crippen LogP contribution in [0.2, 0.25) is 0 Å². The Kier molecular flexibility index (Phi) is 6.90. The summed E-state index contributed by atoms with van der Waals surface area (Å²) in [5, 5.41) is 0. The second-order valence-corrected chi connectivity index (χ2v) is 7.21. The Morgan fingerprint density at radius 3 is 2.05 bits per heavy atom. The molecule has 0 nitrogen and oxygen atoms in total. The van der Waals surface area contributed by atoms with E-state index in [1.165, 1.54) is 70.6 Å². The molecule has 0 N–H and O–H groups in total. The fraction of sp³-hybridized carbons (Fsp3) is 0.800. The van der Waals surface area contributed by atoms with Crippen molar-refractivity contribution < 1.29 is 0 Å². The highest BCUT2D eigenvalue weighted by Gasteiger charge is 2.19. The first-order valence-corrected chi connectivity index (χ1v) is 9.11. The summed E-state index contributed by atoms with van der Waals surface area (Å²) in [7, 11) is 0. The van der Waals surface area contributed by atoms with Gasteiger partial charge < -0.3 is 0 Å². The Balaban J connectivity index is 1.57. The van der Waals surface area contributed by atoms with E-state index >= 15 is 0 Å². The Labute approximate surface area is 126 Å². The molecule has 0 aromatic carbocycles. The van der Waals surface area contributed by atoms with Crippen molar-refractivity contribution in [1.29, 1.82) is 0 Å². The summed E-state index contributed by atoms with van der Waals surface area (Å²) in [6, 6.07) is 0. The third-order valence-electron chi connectivity index (χ3n) is 5.84. The topological polar surface area (TPSA) is 0 Å². The molecular weight excluding hydrogens is 240 g/mol. The van der Waals surface area contributed by atoms with Crippen LogP contribution in [0.25, 0.3) is 0 Å². The second kappa shape index (κ2) is 8.70. The van der Waals surface area contributed by atoms with Gasteiger partial charge in [0.25, 0.3) is 0 Å². The number of allylic oxidation sites excluding steroid dienone is 3. The zero-order chi connectivity index (χ0) is 14.2. The van der Waals surface area contributed by atoms with Gasteiger partial charge in [0.15, 0.2) is 0 Å². The lowest BCUT2D eigenvalue weighted by Crippen LogP contribution is -2.13. The van der Waals surface area contributed by atoms with Gasteiger partial charge in [0.1, 0.15) is 0 Å². The third kappa shape index (κ3) is 5.11. The molecule has 0 heteroatoms. The minimum absolute atomic E-state index is 0.799. The fourth-order valence-electron chi connectivity index (χ4n) is 4.12. The third-order valence-corrected chi connectivity index (χ3v) is 5.84. The normalized spacial score (nSPS) is 35.2. The lowest BCUT2D eigenvalue weighted by Gasteiger charge is -2.27. The molecule has 0 radical (unpaired) electrons. The number of hydrogen-bond acceptors (Lipinski definition) is 0. The summed E-state index contributed by atoms with van der Waals surface area (Å²) in [5.74, 6) is 3.73. The highest BCUT2D eigenvalue weighted by atomic mass is 14.2. The highest BCUT2D eigenvalue weighted by molar-refractivity contribution is 4.94. The minimum Gasteiger partial charge on any atom is -0.103 e. The van der Waals surface area contributed by atoms with E-state index in [-0.39, 0.29) is 0 Å². The zero-order valence-corrected chi connectivity index (χ0v) is 13.5. The van der Waals surface area contributed by atoms with Gasteiger partial charge in [-0.2, -0.15) is 0 Å². The maximum absolute atomic E-state index is 3.93. The van der Waals surface area contributed by atoms with Gasteiger partial charge in [0.05, 0.1) is 0 Å². The van der Waals surface area contributed by atoms with Crippen molar-refractivity contribution in [3.8, 4) is 0 Å². The van der Waals surface area contributed by atoms with Crippen molar-refractivity contribution in [2.45, 2.75) is 77.6 Å². The van der Waals surface area contributed by atoms with Gasteiger partial charge in [0, 0.05) is 0 Å². The van der Waals surface area contributed by atoms with E-state index in [0.717, 1.165) is 23.7 Å². The molecule has 2 aliphatic carbocycles. The molecule has 20 heavy (non-hydrogen) atoms. The zero-order valence-electron chi connectivity index (χ0n) is 13.5. The molecule has 0 amide bonds. The lowest BCUT2D eigenvalue weighted by molar-refractivity contribution is 0.259. The summed E-state index contributed by atoms with van der Waals surface area (Å²) >= 11 is 0. The van der Waals surface area contributed by atoms with E-state index in [1.807, 2.05) is 0 Å². The van der Waals surface area contributed by atoms with Crippen LogP contribution in [-0.2, 0) is 0 Å². The van der Waals surface area contributed by atoms with Crippen molar-refractivity contribution in [1.82, 2.24) is 0 Å². The molecule has 0 aliphatic heterocycles. The van der Waals surface area contributed by atoms with Gasteiger partial charge in [0.2, 0.25) is 0 Å². The van der Waals surface area contributed by atoms with Crippen LogP contribution in [0.5, 0.6) is 0 Å². The molecule has 2 fully saturated rings. The number of hydrogen-bond donors (Lipinski definition) is 0. The van der Waals surface area contributed by atoms with Crippen molar-refractivity contribution in [2.24, 2.45) is 23.7 Å². The van der Waals surface area contributed by atoms with Gasteiger partial charge in [-0.3, -0.25) is 0 Å². The van der Waals surface area contributed by atoms with Gasteiger partial charge in [-0.1, -0.05) is 57.3 Å². The highest BCUT2D eigenvalue weighted by Crippen LogP contribution is 2.33. The SMILES string of the molecule is C=C[C@H]1CC[C@H](C=CCC[C@H]2CC[C@H](CC)CC2)CC1. The molecule has 2 saturated carbocycles. The Hall–Kier alpha value is -0.520. The first-order valence-electron chi connectivity index (χ1n) is 9.11. The first-order chi connectivity index (χ1) is 9.81. The molecule has 0 saturated heterocycles. The molecule has 0 unspecified atom stereocenters. The van der Waals surface area contributed by atoms with Crippen molar-refractivity contribution in [3.63, 3.8) is 0 Å². The first kappa shape index (κ1) is 15.9. The Morgan fingerprint density at radius 1 is 0.850 bits per heavy atom. The molecule has 2 aliphatic rings. The molecular formula is C20H34. The summed E-state index contributed by atoms with van der Waals surface area (Å²) in [4.78, 5) is 0. The average Bonchev–Trinajstić information content (AvgIpc) is 2.53. The molecule has 2 rings (SSSR count). The molecule has 0 spiro atoms. The van der Waals surface area contributed by atoms with Gasteiger partial charge in [-0.15, -0.1) is 6.58 Å². The molecule has 0 aromatic heterocycles. The lowest BCUT2D eigenvalue weighted by atomic mass is 9.79. The van der Waals surface area contributed by atoms with Crippen LogP contribution in [0.15, 0.2) is 24.8 Å². The fourth-order valence-corrected chi connectivity index (χ4v) is 4.12. The Bertz CT molecular complexity index is 285. The van der Waals surface area contributed by atoms with Crippen LogP contribution < -0.4 is 0 Å². The van der Waals surface area contributed by atoms with E-state index in [0.29, 0.717) is 0 Å². The van der Waals surface area contributed by atoms with Crippen LogP contribution in [0.4, 0.5) is 0 Å². The van der Waals surface area contributed by atoms with Crippen molar-refractivity contribution in [2.75, 3.05) is 0 Å². The average molecular weight is 274 g/mol. The van der Waals surface area contributed by atoms with Gasteiger partial charge in [-0.05, 0) is 62.2 Å². The van der Waals surface area contributed by atoms with Crippen molar-refractivity contribution >= 4 is 0 Å². The van der Waals surface area contributed by atoms with Crippen LogP contribution in [0.1, 0.15) is 77.6 Å². The van der Waals surface area contributed by atoms with Crippen LogP contribution >= 0.6 is 0 Å². The van der Waals surface area contributed by atoms with Gasteiger partial charge in [-0.25, -0.2) is 0 Å². The molecule has 114 valence electrons. The largest absolute Gasteiger partial charge is 0.103 e. The summed E-state index contributed by atoms with van der Waals surface area (Å²) in [6.45, 7) is 6.29. The Morgan fingerprint density at radius 2 is 1.45 bits per heavy atom. The summed E-state index contributed by atoms with van der Waals surface area (Å²) in [5.41, 5.74) is 0. The van der Waals surface area contributed by atoms with Gasteiger partial charge >= 0.3 is 0 Å². The maximum Gasteiger partial charge on any atom is -0.0233 e. The van der Waals surface area contributed by atoms with Crippen LogP contribution in [-0.4, -0.2) is 0 Å². The van der Waals surface area contributed by atoms with E-state index in [2.05, 4.69) is 31.7 Å². The molecule has 0 bridgehead atoms. The predicted octanol–water partition coefficient (Wildman–Crippen LogP) is 6.53. The van der Waals surface area contributed by atoms with E-state index in [9.17, 15) is 0 Å². The second-order valence-electron chi connectivity index (χ2n) is 7.21. The maximum atomic E-state index is 3.93. The quantitative estimate of drug-likeness (QED) is 0.483. The minimum atomic E-state index is 0.799. The predicted molar refractivity (Wildman–Crippen MR) is 89.8 cm³/mol.